The number of nitrogens with one attached hydrogen (secondary N) is 1. The van der Waals surface area contributed by atoms with E-state index in [4.69, 9.17) is 9.47 Å². The molecular formula is C26H35N9O4. The van der Waals surface area contributed by atoms with Crippen molar-refractivity contribution in [2.24, 2.45) is 0 Å². The summed E-state index contributed by atoms with van der Waals surface area (Å²) in [7, 11) is 0. The molecule has 13 nitrogen and oxygen atoms in total. The van der Waals surface area contributed by atoms with E-state index in [1.54, 1.807) is 33.6 Å². The topological polar surface area (TPSA) is 130 Å². The van der Waals surface area contributed by atoms with Gasteiger partial charge in [0, 0.05) is 49.7 Å². The Bertz CT molecular complexity index is 1400. The van der Waals surface area contributed by atoms with Gasteiger partial charge in [0.25, 0.3) is 5.88 Å². The van der Waals surface area contributed by atoms with Crippen LogP contribution in [0.5, 0.6) is 5.88 Å². The van der Waals surface area contributed by atoms with Crippen LogP contribution < -0.4 is 19.9 Å². The molecule has 13 heteroatoms. The lowest BCUT2D eigenvalue weighted by atomic mass is 10.1. The number of aromatic nitrogens is 5. The average molecular weight is 538 g/mol. The highest BCUT2D eigenvalue weighted by molar-refractivity contribution is 6.02. The average Bonchev–Trinajstić information content (AvgIpc) is 3.46. The first-order valence-corrected chi connectivity index (χ1v) is 13.2. The molecule has 0 aliphatic carbocycles. The number of hydrogen-bond acceptors (Lipinski definition) is 9. The number of carbonyl (C=O) groups is 2. The van der Waals surface area contributed by atoms with E-state index in [1.807, 2.05) is 40.7 Å². The summed E-state index contributed by atoms with van der Waals surface area (Å²) in [5.74, 6) is 1.80. The van der Waals surface area contributed by atoms with Crippen LogP contribution in [-0.4, -0.2) is 86.0 Å². The van der Waals surface area contributed by atoms with E-state index in [9.17, 15) is 9.59 Å². The number of hydrogen-bond donors (Lipinski definition) is 1. The highest BCUT2D eigenvalue weighted by atomic mass is 16.6. The van der Waals surface area contributed by atoms with E-state index in [-0.39, 0.29) is 18.2 Å². The largest absolute Gasteiger partial charge is 0.475 e. The highest BCUT2D eigenvalue weighted by Crippen LogP contribution is 2.35. The van der Waals surface area contributed by atoms with Crippen molar-refractivity contribution in [3.63, 3.8) is 0 Å². The van der Waals surface area contributed by atoms with Gasteiger partial charge in [-0.05, 0) is 54.0 Å². The molecule has 3 aromatic heterocycles. The third-order valence-electron chi connectivity index (χ3n) is 6.60. The van der Waals surface area contributed by atoms with Gasteiger partial charge >= 0.3 is 12.1 Å². The van der Waals surface area contributed by atoms with Gasteiger partial charge in [-0.15, -0.1) is 0 Å². The summed E-state index contributed by atoms with van der Waals surface area (Å²) in [5, 5.41) is 7.19. The molecule has 0 bridgehead atoms. The molecule has 1 saturated heterocycles. The lowest BCUT2D eigenvalue weighted by Crippen LogP contribution is -2.55. The Kier molecular flexibility index (Phi) is 6.91. The number of urea groups is 1. The molecule has 39 heavy (non-hydrogen) atoms. The smallest absolute Gasteiger partial charge is 0.410 e. The molecule has 2 aliphatic heterocycles. The Morgan fingerprint density at radius 3 is 2.69 bits per heavy atom. The van der Waals surface area contributed by atoms with Gasteiger partial charge in [0.15, 0.2) is 5.82 Å². The predicted molar refractivity (Wildman–Crippen MR) is 146 cm³/mol. The van der Waals surface area contributed by atoms with Crippen LogP contribution in [0.1, 0.15) is 46.0 Å². The number of ether oxygens (including phenoxy) is 2. The van der Waals surface area contributed by atoms with Gasteiger partial charge in [0.05, 0.1) is 12.8 Å². The summed E-state index contributed by atoms with van der Waals surface area (Å²) in [6, 6.07) is 1.61. The van der Waals surface area contributed by atoms with Gasteiger partial charge in [0.2, 0.25) is 5.65 Å². The summed E-state index contributed by atoms with van der Waals surface area (Å²) in [4.78, 5) is 45.0. The SMILES string of the molecule is CCOc1nc(NC(=O)N2CCc3c(N4CCN(C(=O)OC(C)(C)C)[C@@H](C)C4)ccnc32)cn2nc(C)nc12. The Balaban J connectivity index is 1.31. The van der Waals surface area contributed by atoms with E-state index in [1.165, 1.54) is 0 Å². The van der Waals surface area contributed by atoms with Crippen LogP contribution in [0.4, 0.5) is 26.9 Å². The predicted octanol–water partition coefficient (Wildman–Crippen LogP) is 3.27. The number of amides is 3. The minimum Gasteiger partial charge on any atom is -0.475 e. The number of anilines is 3. The van der Waals surface area contributed by atoms with Gasteiger partial charge in [-0.3, -0.25) is 10.2 Å². The molecule has 208 valence electrons. The van der Waals surface area contributed by atoms with Gasteiger partial charge in [-0.2, -0.15) is 10.1 Å². The molecule has 3 amide bonds. The number of rotatable bonds is 4. The second-order valence-electron chi connectivity index (χ2n) is 10.7. The minimum absolute atomic E-state index is 0.0285. The summed E-state index contributed by atoms with van der Waals surface area (Å²) in [6.07, 6.45) is 3.71. The lowest BCUT2D eigenvalue weighted by Gasteiger charge is -2.41. The van der Waals surface area contributed by atoms with Gasteiger partial charge < -0.3 is 19.3 Å². The molecular weight excluding hydrogens is 502 g/mol. The molecule has 2 aliphatic rings. The van der Waals surface area contributed by atoms with Crippen LogP contribution >= 0.6 is 0 Å². The van der Waals surface area contributed by atoms with Crippen LogP contribution in [0, 0.1) is 6.92 Å². The van der Waals surface area contributed by atoms with Crippen LogP contribution in [0.2, 0.25) is 0 Å². The molecule has 5 rings (SSSR count). The van der Waals surface area contributed by atoms with Crippen LogP contribution in [-0.2, 0) is 11.2 Å². The quantitative estimate of drug-likeness (QED) is 0.533. The van der Waals surface area contributed by atoms with Crippen molar-refractivity contribution in [1.29, 1.82) is 0 Å². The zero-order valence-electron chi connectivity index (χ0n) is 23.3. The molecule has 3 aromatic rings. The Morgan fingerprint density at radius 2 is 1.97 bits per heavy atom. The molecule has 5 heterocycles. The second kappa shape index (κ2) is 10.2. The molecule has 1 N–H and O–H groups in total. The summed E-state index contributed by atoms with van der Waals surface area (Å²) in [6.45, 7) is 14.0. The van der Waals surface area contributed by atoms with Crippen LogP contribution in [0.3, 0.4) is 0 Å². The fourth-order valence-electron chi connectivity index (χ4n) is 4.98. The molecule has 0 spiro atoms. The number of piperazine rings is 1. The fraction of sp³-hybridized carbons (Fsp3) is 0.538. The number of carbonyl (C=O) groups excluding carboxylic acids is 2. The van der Waals surface area contributed by atoms with E-state index in [2.05, 4.69) is 30.3 Å². The molecule has 0 unspecified atom stereocenters. The van der Waals surface area contributed by atoms with Crippen molar-refractivity contribution in [2.45, 2.75) is 59.6 Å². The van der Waals surface area contributed by atoms with E-state index in [0.717, 1.165) is 11.3 Å². The van der Waals surface area contributed by atoms with Crippen molar-refractivity contribution in [2.75, 3.05) is 47.9 Å². The molecule has 0 saturated carbocycles. The zero-order chi connectivity index (χ0) is 27.9. The van der Waals surface area contributed by atoms with Crippen molar-refractivity contribution in [3.05, 3.63) is 29.8 Å². The number of pyridine rings is 1. The number of nitrogens with zero attached hydrogens (tertiary/aromatic N) is 8. The van der Waals surface area contributed by atoms with Gasteiger partial charge in [-0.1, -0.05) is 0 Å². The lowest BCUT2D eigenvalue weighted by molar-refractivity contribution is 0.0159. The number of aryl methyl sites for hydroxylation is 1. The maximum absolute atomic E-state index is 13.3. The summed E-state index contributed by atoms with van der Waals surface area (Å²) < 4.78 is 12.8. The molecule has 0 aromatic carbocycles. The standard InChI is InChI=1S/C26H35N9O4/c1-7-38-23-22-28-17(3)31-35(22)15-20(29-23)30-24(36)34-11-9-18-19(8-10-27-21(18)34)32-12-13-33(16(2)14-32)25(37)39-26(4,5)6/h8,10,15-16H,7,9,11-14H2,1-6H3,(H,30,36)/t16-/m0/s1. The molecule has 0 radical (unpaired) electrons. The Morgan fingerprint density at radius 1 is 1.18 bits per heavy atom. The first-order chi connectivity index (χ1) is 18.5. The zero-order valence-corrected chi connectivity index (χ0v) is 23.3. The van der Waals surface area contributed by atoms with E-state index >= 15 is 0 Å². The third kappa shape index (κ3) is 5.38. The summed E-state index contributed by atoms with van der Waals surface area (Å²) >= 11 is 0. The van der Waals surface area contributed by atoms with Crippen molar-refractivity contribution in [3.8, 4) is 5.88 Å². The first-order valence-electron chi connectivity index (χ1n) is 13.2. The fourth-order valence-corrected chi connectivity index (χ4v) is 4.98. The summed E-state index contributed by atoms with van der Waals surface area (Å²) in [5.41, 5.74) is 1.99. The second-order valence-corrected chi connectivity index (χ2v) is 10.7. The third-order valence-corrected chi connectivity index (χ3v) is 6.60. The molecule has 1 fully saturated rings. The maximum Gasteiger partial charge on any atom is 0.410 e. The Hall–Kier alpha value is -4.16. The normalized spacial score (nSPS) is 17.4. The van der Waals surface area contributed by atoms with Crippen molar-refractivity contribution < 1.29 is 19.1 Å². The highest BCUT2D eigenvalue weighted by Gasteiger charge is 2.34. The Labute approximate surface area is 227 Å². The van der Waals surface area contributed by atoms with E-state index in [0.29, 0.717) is 68.2 Å². The van der Waals surface area contributed by atoms with Gasteiger partial charge in [0.1, 0.15) is 17.2 Å². The number of fused-ring (bicyclic) bond motifs is 2. The van der Waals surface area contributed by atoms with Crippen molar-refractivity contribution >= 4 is 35.1 Å². The van der Waals surface area contributed by atoms with Crippen LogP contribution in [0.15, 0.2) is 18.5 Å². The van der Waals surface area contributed by atoms with Crippen LogP contribution in [0.25, 0.3) is 5.65 Å². The van der Waals surface area contributed by atoms with Crippen molar-refractivity contribution in [1.82, 2.24) is 29.5 Å². The van der Waals surface area contributed by atoms with Gasteiger partial charge in [-0.25, -0.2) is 24.1 Å². The minimum atomic E-state index is -0.538. The monoisotopic (exact) mass is 537 g/mol. The molecule has 1 atom stereocenters. The van der Waals surface area contributed by atoms with E-state index < -0.39 is 5.60 Å². The first kappa shape index (κ1) is 26.4. The maximum atomic E-state index is 13.3.